The fourth-order valence-corrected chi connectivity index (χ4v) is 3.35. The summed E-state index contributed by atoms with van der Waals surface area (Å²) in [6, 6.07) is 0. The lowest BCUT2D eigenvalue weighted by atomic mass is 9.70. The van der Waals surface area contributed by atoms with Gasteiger partial charge in [-0.2, -0.15) is 0 Å². The number of hydrogen-bond donors (Lipinski definition) is 1. The molecule has 1 aliphatic rings. The topological polar surface area (TPSA) is 37.3 Å². The fraction of sp³-hybridized carbons (Fsp3) is 0.933. The van der Waals surface area contributed by atoms with E-state index in [4.69, 9.17) is 0 Å². The van der Waals surface area contributed by atoms with E-state index in [1.165, 1.54) is 19.3 Å². The molecule has 1 rings (SSSR count). The van der Waals surface area contributed by atoms with Gasteiger partial charge in [-0.15, -0.1) is 0 Å². The number of rotatable bonds is 5. The van der Waals surface area contributed by atoms with Crippen molar-refractivity contribution in [1.29, 1.82) is 0 Å². The molecule has 1 N–H and O–H groups in total. The van der Waals surface area contributed by atoms with Crippen LogP contribution in [0, 0.1) is 11.3 Å². The second-order valence-electron chi connectivity index (χ2n) is 5.95. The van der Waals surface area contributed by atoms with Crippen LogP contribution in [-0.4, -0.2) is 11.1 Å². The Morgan fingerprint density at radius 3 is 2.18 bits per heavy atom. The van der Waals surface area contributed by atoms with Gasteiger partial charge in [-0.3, -0.25) is 4.79 Å². The average molecular weight is 240 g/mol. The smallest absolute Gasteiger partial charge is 0.309 e. The standard InChI is InChI=1S/C15H28O2/c1-3-9-13(2)12-15(14(16)17)10-7-5-4-6-8-11-15/h13H,3-12H2,1-2H3,(H,16,17). The van der Waals surface area contributed by atoms with E-state index in [1.54, 1.807) is 0 Å². The van der Waals surface area contributed by atoms with Crippen LogP contribution >= 0.6 is 0 Å². The molecule has 0 saturated heterocycles. The Hall–Kier alpha value is -0.530. The van der Waals surface area contributed by atoms with E-state index in [1.807, 2.05) is 0 Å². The Balaban J connectivity index is 2.67. The maximum atomic E-state index is 11.7. The Morgan fingerprint density at radius 2 is 1.71 bits per heavy atom. The fourth-order valence-electron chi connectivity index (χ4n) is 3.35. The molecule has 1 saturated carbocycles. The summed E-state index contributed by atoms with van der Waals surface area (Å²) in [5.74, 6) is 0.0119. The zero-order valence-electron chi connectivity index (χ0n) is 11.5. The average Bonchev–Trinajstić information content (AvgIpc) is 2.22. The quantitative estimate of drug-likeness (QED) is 0.760. The molecule has 1 unspecified atom stereocenters. The Bertz CT molecular complexity index is 227. The molecule has 2 heteroatoms. The van der Waals surface area contributed by atoms with Crippen molar-refractivity contribution < 1.29 is 9.90 Å². The van der Waals surface area contributed by atoms with Crippen molar-refractivity contribution >= 4 is 5.97 Å². The van der Waals surface area contributed by atoms with Crippen LogP contribution in [0.2, 0.25) is 0 Å². The third kappa shape index (κ3) is 4.33. The molecule has 17 heavy (non-hydrogen) atoms. The number of carboxylic acids is 1. The molecule has 0 aromatic heterocycles. The maximum Gasteiger partial charge on any atom is 0.309 e. The Labute approximate surface area is 106 Å². The van der Waals surface area contributed by atoms with Crippen LogP contribution in [0.15, 0.2) is 0 Å². The molecular weight excluding hydrogens is 212 g/mol. The molecule has 0 bridgehead atoms. The molecule has 1 aliphatic carbocycles. The molecule has 0 spiro atoms. The van der Waals surface area contributed by atoms with Crippen LogP contribution < -0.4 is 0 Å². The minimum absolute atomic E-state index is 0.408. The normalized spacial score (nSPS) is 22.5. The van der Waals surface area contributed by atoms with Gasteiger partial charge in [-0.05, 0) is 25.2 Å². The minimum Gasteiger partial charge on any atom is -0.481 e. The van der Waals surface area contributed by atoms with Gasteiger partial charge in [0.2, 0.25) is 0 Å². The van der Waals surface area contributed by atoms with E-state index >= 15 is 0 Å². The van der Waals surface area contributed by atoms with E-state index in [0.29, 0.717) is 5.92 Å². The van der Waals surface area contributed by atoms with E-state index < -0.39 is 11.4 Å². The molecular formula is C15H28O2. The summed E-state index contributed by atoms with van der Waals surface area (Å²) in [6.45, 7) is 4.40. The highest BCUT2D eigenvalue weighted by Gasteiger charge is 2.38. The zero-order chi connectivity index (χ0) is 12.7. The molecule has 0 aliphatic heterocycles. The van der Waals surface area contributed by atoms with E-state index in [0.717, 1.165) is 44.9 Å². The van der Waals surface area contributed by atoms with Crippen molar-refractivity contribution in [1.82, 2.24) is 0 Å². The van der Waals surface area contributed by atoms with Crippen LogP contribution in [-0.2, 0) is 4.79 Å². The lowest BCUT2D eigenvalue weighted by Crippen LogP contribution is -2.33. The highest BCUT2D eigenvalue weighted by Crippen LogP contribution is 2.40. The van der Waals surface area contributed by atoms with Gasteiger partial charge in [-0.25, -0.2) is 0 Å². The maximum absolute atomic E-state index is 11.7. The van der Waals surface area contributed by atoms with Crippen molar-refractivity contribution in [2.24, 2.45) is 11.3 Å². The number of hydrogen-bond acceptors (Lipinski definition) is 1. The SMILES string of the molecule is CCCC(C)CC1(C(=O)O)CCCCCCC1. The first-order chi connectivity index (χ1) is 8.10. The molecule has 0 aromatic rings. The lowest BCUT2D eigenvalue weighted by molar-refractivity contribution is -0.151. The van der Waals surface area contributed by atoms with Gasteiger partial charge in [0.05, 0.1) is 5.41 Å². The first-order valence-corrected chi connectivity index (χ1v) is 7.34. The summed E-state index contributed by atoms with van der Waals surface area (Å²) in [5, 5.41) is 9.62. The summed E-state index contributed by atoms with van der Waals surface area (Å²) in [6.07, 6.45) is 10.9. The molecule has 0 amide bonds. The molecule has 0 heterocycles. The summed E-state index contributed by atoms with van der Waals surface area (Å²) in [4.78, 5) is 11.7. The molecule has 0 radical (unpaired) electrons. The van der Waals surface area contributed by atoms with Crippen LogP contribution in [0.1, 0.15) is 78.1 Å². The molecule has 1 atom stereocenters. The zero-order valence-corrected chi connectivity index (χ0v) is 11.5. The van der Waals surface area contributed by atoms with E-state index in [2.05, 4.69) is 13.8 Å². The monoisotopic (exact) mass is 240 g/mol. The second kappa shape index (κ2) is 7.03. The largest absolute Gasteiger partial charge is 0.481 e. The van der Waals surface area contributed by atoms with Crippen molar-refractivity contribution in [3.63, 3.8) is 0 Å². The van der Waals surface area contributed by atoms with Gasteiger partial charge in [-0.1, -0.05) is 58.8 Å². The molecule has 0 aromatic carbocycles. The van der Waals surface area contributed by atoms with Crippen molar-refractivity contribution in [2.75, 3.05) is 0 Å². The van der Waals surface area contributed by atoms with E-state index in [9.17, 15) is 9.90 Å². The summed E-state index contributed by atoms with van der Waals surface area (Å²) < 4.78 is 0. The minimum atomic E-state index is -0.539. The second-order valence-corrected chi connectivity index (χ2v) is 5.95. The predicted octanol–water partition coefficient (Wildman–Crippen LogP) is 4.63. The first-order valence-electron chi connectivity index (χ1n) is 7.34. The number of carbonyl (C=O) groups is 1. The number of carboxylic acid groups (broad SMARTS) is 1. The van der Waals surface area contributed by atoms with Gasteiger partial charge in [0.15, 0.2) is 0 Å². The number of aliphatic carboxylic acids is 1. The van der Waals surface area contributed by atoms with Gasteiger partial charge in [0.25, 0.3) is 0 Å². The van der Waals surface area contributed by atoms with Crippen LogP contribution in [0.5, 0.6) is 0 Å². The Morgan fingerprint density at radius 1 is 1.18 bits per heavy atom. The third-order valence-electron chi connectivity index (χ3n) is 4.29. The van der Waals surface area contributed by atoms with Gasteiger partial charge in [0.1, 0.15) is 0 Å². The molecule has 2 nitrogen and oxygen atoms in total. The van der Waals surface area contributed by atoms with Crippen molar-refractivity contribution in [2.45, 2.75) is 78.1 Å². The van der Waals surface area contributed by atoms with Crippen LogP contribution in [0.4, 0.5) is 0 Å². The van der Waals surface area contributed by atoms with Crippen molar-refractivity contribution in [3.05, 3.63) is 0 Å². The highest BCUT2D eigenvalue weighted by atomic mass is 16.4. The highest BCUT2D eigenvalue weighted by molar-refractivity contribution is 5.74. The lowest BCUT2D eigenvalue weighted by Gasteiger charge is -2.33. The van der Waals surface area contributed by atoms with Gasteiger partial charge >= 0.3 is 5.97 Å². The van der Waals surface area contributed by atoms with Crippen LogP contribution in [0.3, 0.4) is 0 Å². The summed E-state index contributed by atoms with van der Waals surface area (Å²) in [5.41, 5.74) is -0.408. The van der Waals surface area contributed by atoms with E-state index in [-0.39, 0.29) is 0 Å². The summed E-state index contributed by atoms with van der Waals surface area (Å²) >= 11 is 0. The van der Waals surface area contributed by atoms with Crippen LogP contribution in [0.25, 0.3) is 0 Å². The molecule has 1 fully saturated rings. The summed E-state index contributed by atoms with van der Waals surface area (Å²) in [7, 11) is 0. The molecule has 100 valence electrons. The third-order valence-corrected chi connectivity index (χ3v) is 4.29. The predicted molar refractivity (Wildman–Crippen MR) is 71.1 cm³/mol. The van der Waals surface area contributed by atoms with Gasteiger partial charge < -0.3 is 5.11 Å². The van der Waals surface area contributed by atoms with Crippen molar-refractivity contribution in [3.8, 4) is 0 Å². The first kappa shape index (κ1) is 14.5. The van der Waals surface area contributed by atoms with Gasteiger partial charge in [0, 0.05) is 0 Å². The Kier molecular flexibility index (Phi) is 6.01.